The molecule has 0 unspecified atom stereocenters. The molecule has 5 nitrogen and oxygen atoms in total. The number of piperazine rings is 1. The first-order valence-electron chi connectivity index (χ1n) is 9.05. The summed E-state index contributed by atoms with van der Waals surface area (Å²) in [6.07, 6.45) is 1.51. The van der Waals surface area contributed by atoms with Crippen LogP contribution in [0.2, 0.25) is 5.02 Å². The molecule has 1 aliphatic heterocycles. The van der Waals surface area contributed by atoms with Crippen molar-refractivity contribution >= 4 is 40.0 Å². The van der Waals surface area contributed by atoms with Gasteiger partial charge in [-0.3, -0.25) is 14.2 Å². The van der Waals surface area contributed by atoms with Crippen molar-refractivity contribution in [1.82, 2.24) is 9.47 Å². The maximum atomic E-state index is 13.6. The Labute approximate surface area is 166 Å². The van der Waals surface area contributed by atoms with Crippen molar-refractivity contribution in [3.8, 4) is 0 Å². The number of hydrogen-bond donors (Lipinski definition) is 0. The summed E-state index contributed by atoms with van der Waals surface area (Å²) < 4.78 is 15.0. The van der Waals surface area contributed by atoms with Crippen molar-refractivity contribution in [2.45, 2.75) is 6.92 Å². The summed E-state index contributed by atoms with van der Waals surface area (Å²) in [4.78, 5) is 29.0. The lowest BCUT2D eigenvalue weighted by atomic mass is 10.1. The van der Waals surface area contributed by atoms with E-state index in [1.165, 1.54) is 29.8 Å². The Bertz CT molecular complexity index is 1070. The molecule has 0 N–H and O–H groups in total. The number of benzene rings is 2. The zero-order valence-corrected chi connectivity index (χ0v) is 16.1. The smallest absolute Gasteiger partial charge is 0.256 e. The molecular weight excluding hydrogens is 381 g/mol. The molecule has 3 aromatic rings. The van der Waals surface area contributed by atoms with Crippen LogP contribution in [-0.4, -0.2) is 47.5 Å². The molecule has 4 rings (SSSR count). The lowest BCUT2D eigenvalue weighted by Crippen LogP contribution is -2.48. The molecule has 0 bridgehead atoms. The molecule has 28 heavy (non-hydrogen) atoms. The van der Waals surface area contributed by atoms with Gasteiger partial charge in [-0.25, -0.2) is 4.39 Å². The molecule has 1 aromatic heterocycles. The molecule has 7 heteroatoms. The van der Waals surface area contributed by atoms with E-state index < -0.39 is 5.82 Å². The Balaban J connectivity index is 1.57. The second-order valence-corrected chi connectivity index (χ2v) is 7.29. The van der Waals surface area contributed by atoms with Crippen LogP contribution in [0.15, 0.2) is 48.7 Å². The number of hydrogen-bond acceptors (Lipinski definition) is 3. The van der Waals surface area contributed by atoms with Crippen LogP contribution in [-0.2, 0) is 0 Å². The van der Waals surface area contributed by atoms with E-state index in [4.69, 9.17) is 11.6 Å². The first-order chi connectivity index (χ1) is 13.4. The summed E-state index contributed by atoms with van der Waals surface area (Å²) in [5.41, 5.74) is 1.86. The highest BCUT2D eigenvalue weighted by molar-refractivity contribution is 6.30. The summed E-state index contributed by atoms with van der Waals surface area (Å²) >= 11 is 6.07. The highest BCUT2D eigenvalue weighted by atomic mass is 35.5. The van der Waals surface area contributed by atoms with Crippen LogP contribution in [0.25, 0.3) is 10.9 Å². The number of aromatic nitrogens is 1. The Morgan fingerprint density at radius 2 is 1.79 bits per heavy atom. The monoisotopic (exact) mass is 399 g/mol. The molecule has 0 atom stereocenters. The molecule has 2 heterocycles. The number of halogens is 2. The average Bonchev–Trinajstić information content (AvgIpc) is 3.06. The minimum atomic E-state index is -0.442. The fraction of sp³-hybridized carbons (Fsp3) is 0.238. The van der Waals surface area contributed by atoms with E-state index in [-0.39, 0.29) is 11.8 Å². The van der Waals surface area contributed by atoms with Crippen LogP contribution in [0.5, 0.6) is 0 Å². The molecule has 1 aliphatic rings. The summed E-state index contributed by atoms with van der Waals surface area (Å²) in [5.74, 6) is -0.856. The van der Waals surface area contributed by atoms with E-state index >= 15 is 0 Å². The summed E-state index contributed by atoms with van der Waals surface area (Å²) in [6, 6.07) is 11.8. The Morgan fingerprint density at radius 3 is 2.46 bits per heavy atom. The molecule has 0 saturated carbocycles. The van der Waals surface area contributed by atoms with Gasteiger partial charge in [-0.05, 0) is 36.4 Å². The van der Waals surface area contributed by atoms with Crippen molar-refractivity contribution < 1.29 is 14.0 Å². The van der Waals surface area contributed by atoms with Crippen molar-refractivity contribution in [2.75, 3.05) is 31.1 Å². The van der Waals surface area contributed by atoms with Gasteiger partial charge in [0.1, 0.15) is 5.82 Å². The maximum absolute atomic E-state index is 13.6. The van der Waals surface area contributed by atoms with Crippen LogP contribution in [0.3, 0.4) is 0 Å². The zero-order chi connectivity index (χ0) is 19.8. The summed E-state index contributed by atoms with van der Waals surface area (Å²) in [7, 11) is 0. The van der Waals surface area contributed by atoms with Gasteiger partial charge in [-0.2, -0.15) is 0 Å². The van der Waals surface area contributed by atoms with E-state index in [0.29, 0.717) is 47.7 Å². The molecule has 144 valence electrons. The van der Waals surface area contributed by atoms with Crippen LogP contribution < -0.4 is 4.90 Å². The van der Waals surface area contributed by atoms with Gasteiger partial charge in [0, 0.05) is 55.4 Å². The van der Waals surface area contributed by atoms with Crippen LogP contribution in [0.4, 0.5) is 10.1 Å². The van der Waals surface area contributed by atoms with Gasteiger partial charge in [0.2, 0.25) is 5.91 Å². The lowest BCUT2D eigenvalue weighted by molar-refractivity contribution is 0.0748. The number of fused-ring (bicyclic) bond motifs is 1. The van der Waals surface area contributed by atoms with E-state index in [0.717, 1.165) is 5.69 Å². The molecule has 1 fully saturated rings. The highest BCUT2D eigenvalue weighted by Crippen LogP contribution is 2.25. The normalized spacial score (nSPS) is 14.5. The number of rotatable bonds is 2. The average molecular weight is 400 g/mol. The third kappa shape index (κ3) is 3.36. The molecule has 2 aromatic carbocycles. The number of carbonyl (C=O) groups excluding carboxylic acids is 2. The molecule has 1 amide bonds. The Hall–Kier alpha value is -2.86. The highest BCUT2D eigenvalue weighted by Gasteiger charge is 2.26. The minimum Gasteiger partial charge on any atom is -0.368 e. The topological polar surface area (TPSA) is 45.6 Å². The van der Waals surface area contributed by atoms with Crippen molar-refractivity contribution in [2.24, 2.45) is 0 Å². The fourth-order valence-electron chi connectivity index (χ4n) is 3.64. The Kier molecular flexibility index (Phi) is 4.81. The molecule has 0 radical (unpaired) electrons. The standard InChI is InChI=1S/C21H19ClFN3O2/c1-14(27)26-13-19(18-6-5-16(23)12-20(18)26)21(28)25-9-7-24(8-10-25)17-4-2-3-15(22)11-17/h2-6,11-13H,7-10H2,1H3. The number of anilines is 1. The van der Waals surface area contributed by atoms with E-state index in [2.05, 4.69) is 4.90 Å². The van der Waals surface area contributed by atoms with Gasteiger partial charge in [-0.1, -0.05) is 17.7 Å². The largest absolute Gasteiger partial charge is 0.368 e. The van der Waals surface area contributed by atoms with E-state index in [9.17, 15) is 14.0 Å². The SMILES string of the molecule is CC(=O)n1cc(C(=O)N2CCN(c3cccc(Cl)c3)CC2)c2ccc(F)cc21. The number of carbonyl (C=O) groups is 2. The maximum Gasteiger partial charge on any atom is 0.256 e. The number of nitrogens with zero attached hydrogens (tertiary/aromatic N) is 3. The minimum absolute atomic E-state index is 0.151. The summed E-state index contributed by atoms with van der Waals surface area (Å²) in [6.45, 7) is 3.87. The van der Waals surface area contributed by atoms with Gasteiger partial charge >= 0.3 is 0 Å². The van der Waals surface area contributed by atoms with Gasteiger partial charge in [0.25, 0.3) is 5.91 Å². The predicted molar refractivity (Wildman–Crippen MR) is 108 cm³/mol. The molecule has 0 aliphatic carbocycles. The van der Waals surface area contributed by atoms with Gasteiger partial charge in [0.15, 0.2) is 0 Å². The Morgan fingerprint density at radius 1 is 1.04 bits per heavy atom. The van der Waals surface area contributed by atoms with Gasteiger partial charge < -0.3 is 9.80 Å². The quantitative estimate of drug-likeness (QED) is 0.653. The second-order valence-electron chi connectivity index (χ2n) is 6.85. The third-order valence-electron chi connectivity index (χ3n) is 5.08. The van der Waals surface area contributed by atoms with E-state index in [1.54, 1.807) is 11.0 Å². The van der Waals surface area contributed by atoms with Crippen molar-refractivity contribution in [1.29, 1.82) is 0 Å². The van der Waals surface area contributed by atoms with E-state index in [1.807, 2.05) is 24.3 Å². The lowest BCUT2D eigenvalue weighted by Gasteiger charge is -2.36. The molecular formula is C21H19ClFN3O2. The van der Waals surface area contributed by atoms with Crippen molar-refractivity contribution in [3.05, 3.63) is 65.1 Å². The summed E-state index contributed by atoms with van der Waals surface area (Å²) in [5, 5.41) is 1.26. The predicted octanol–water partition coefficient (Wildman–Crippen LogP) is 4.06. The zero-order valence-electron chi connectivity index (χ0n) is 15.4. The van der Waals surface area contributed by atoms with Crippen LogP contribution in [0, 0.1) is 5.82 Å². The fourth-order valence-corrected chi connectivity index (χ4v) is 3.83. The second kappa shape index (κ2) is 7.28. The van der Waals surface area contributed by atoms with Crippen LogP contribution in [0.1, 0.15) is 22.1 Å². The first kappa shape index (κ1) is 18.5. The molecule has 0 spiro atoms. The number of amides is 1. The van der Waals surface area contributed by atoms with Gasteiger partial charge in [0.05, 0.1) is 11.1 Å². The van der Waals surface area contributed by atoms with Crippen LogP contribution >= 0.6 is 11.6 Å². The first-order valence-corrected chi connectivity index (χ1v) is 9.43. The molecule has 1 saturated heterocycles. The third-order valence-corrected chi connectivity index (χ3v) is 5.31. The van der Waals surface area contributed by atoms with Crippen molar-refractivity contribution in [3.63, 3.8) is 0 Å². The van der Waals surface area contributed by atoms with Gasteiger partial charge in [-0.15, -0.1) is 0 Å².